The third kappa shape index (κ3) is 4.46. The molecule has 0 spiro atoms. The number of hydrogen-bond donors (Lipinski definition) is 1. The topological polar surface area (TPSA) is 90.7 Å². The standard InChI is InChI=1S/C14H18F3N3O3/c1-2-22-13(21)10-7-23-12(20-10)5-3-4-9-8(14(15,16)17)6-11(18)19-9/h7-9H,2-6H2,1H3,(H2,18,19)/t8-,9+/m1/s1. The van der Waals surface area contributed by atoms with Gasteiger partial charge in [-0.2, -0.15) is 13.2 Å². The number of hydrogen-bond acceptors (Lipinski definition) is 6. The molecule has 0 aromatic carbocycles. The molecule has 23 heavy (non-hydrogen) atoms. The number of nitrogens with two attached hydrogens (primary N) is 1. The summed E-state index contributed by atoms with van der Waals surface area (Å²) in [5.41, 5.74) is 5.48. The Morgan fingerprint density at radius 3 is 2.91 bits per heavy atom. The molecule has 0 aliphatic carbocycles. The molecule has 0 amide bonds. The van der Waals surface area contributed by atoms with E-state index < -0.39 is 24.1 Å². The van der Waals surface area contributed by atoms with E-state index in [2.05, 4.69) is 9.98 Å². The number of carbonyl (C=O) groups excluding carboxylic acids is 1. The molecule has 2 N–H and O–H groups in total. The van der Waals surface area contributed by atoms with Gasteiger partial charge >= 0.3 is 12.1 Å². The number of aliphatic imine (C=N–C) groups is 1. The first-order chi connectivity index (χ1) is 10.8. The molecule has 0 unspecified atom stereocenters. The van der Waals surface area contributed by atoms with E-state index in [-0.39, 0.29) is 36.9 Å². The lowest BCUT2D eigenvalue weighted by atomic mass is 9.94. The maximum absolute atomic E-state index is 12.9. The van der Waals surface area contributed by atoms with Crippen LogP contribution in [0.5, 0.6) is 0 Å². The van der Waals surface area contributed by atoms with Gasteiger partial charge in [0.25, 0.3) is 0 Å². The lowest BCUT2D eigenvalue weighted by Crippen LogP contribution is -2.30. The molecule has 9 heteroatoms. The van der Waals surface area contributed by atoms with Crippen LogP contribution in [0.1, 0.15) is 42.6 Å². The number of halogens is 3. The minimum absolute atomic E-state index is 0.0399. The summed E-state index contributed by atoms with van der Waals surface area (Å²) in [5.74, 6) is -1.79. The van der Waals surface area contributed by atoms with Crippen LogP contribution in [0.2, 0.25) is 0 Å². The maximum atomic E-state index is 12.9. The Kier molecular flexibility index (Phi) is 5.27. The molecule has 0 fully saturated rings. The summed E-state index contributed by atoms with van der Waals surface area (Å²) in [6.45, 7) is 1.89. The number of rotatable bonds is 6. The van der Waals surface area contributed by atoms with Crippen LogP contribution in [-0.2, 0) is 11.2 Å². The van der Waals surface area contributed by atoms with Gasteiger partial charge in [-0.25, -0.2) is 9.78 Å². The van der Waals surface area contributed by atoms with Crippen molar-refractivity contribution in [2.45, 2.75) is 44.8 Å². The van der Waals surface area contributed by atoms with Crippen LogP contribution in [-0.4, -0.2) is 35.6 Å². The predicted molar refractivity (Wildman–Crippen MR) is 75.0 cm³/mol. The molecule has 1 aliphatic rings. The summed E-state index contributed by atoms with van der Waals surface area (Å²) in [7, 11) is 0. The van der Waals surface area contributed by atoms with Crippen molar-refractivity contribution in [2.75, 3.05) is 6.61 Å². The zero-order valence-electron chi connectivity index (χ0n) is 12.6. The van der Waals surface area contributed by atoms with E-state index in [1.807, 2.05) is 0 Å². The van der Waals surface area contributed by atoms with Crippen molar-refractivity contribution in [1.82, 2.24) is 4.98 Å². The van der Waals surface area contributed by atoms with Crippen molar-refractivity contribution < 1.29 is 27.1 Å². The van der Waals surface area contributed by atoms with E-state index in [4.69, 9.17) is 14.9 Å². The first-order valence-electron chi connectivity index (χ1n) is 7.31. The van der Waals surface area contributed by atoms with Gasteiger partial charge in [-0.15, -0.1) is 0 Å². The van der Waals surface area contributed by atoms with Crippen molar-refractivity contribution in [3.8, 4) is 0 Å². The molecule has 1 aromatic heterocycles. The van der Waals surface area contributed by atoms with Gasteiger partial charge in [-0.1, -0.05) is 0 Å². The monoisotopic (exact) mass is 333 g/mol. The first kappa shape index (κ1) is 17.3. The smallest absolute Gasteiger partial charge is 0.394 e. The molecule has 0 bridgehead atoms. The van der Waals surface area contributed by atoms with Crippen LogP contribution in [0.15, 0.2) is 15.7 Å². The molecule has 0 radical (unpaired) electrons. The molecular weight excluding hydrogens is 315 g/mol. The highest BCUT2D eigenvalue weighted by Crippen LogP contribution is 2.37. The normalized spacial score (nSPS) is 21.3. The highest BCUT2D eigenvalue weighted by atomic mass is 19.4. The van der Waals surface area contributed by atoms with Gasteiger partial charge in [0.15, 0.2) is 11.6 Å². The lowest BCUT2D eigenvalue weighted by Gasteiger charge is -2.20. The number of amidine groups is 1. The maximum Gasteiger partial charge on any atom is 0.394 e. The second-order valence-corrected chi connectivity index (χ2v) is 5.28. The number of aromatic nitrogens is 1. The summed E-state index contributed by atoms with van der Waals surface area (Å²) < 4.78 is 48.6. The average Bonchev–Trinajstić information content (AvgIpc) is 3.05. The van der Waals surface area contributed by atoms with E-state index in [0.717, 1.165) is 0 Å². The van der Waals surface area contributed by atoms with Crippen molar-refractivity contribution >= 4 is 11.8 Å². The second kappa shape index (κ2) is 7.01. The van der Waals surface area contributed by atoms with Crippen LogP contribution < -0.4 is 5.73 Å². The average molecular weight is 333 g/mol. The van der Waals surface area contributed by atoms with E-state index in [1.54, 1.807) is 6.92 Å². The third-order valence-corrected chi connectivity index (χ3v) is 3.57. The molecule has 1 aromatic rings. The van der Waals surface area contributed by atoms with Crippen LogP contribution in [0.4, 0.5) is 13.2 Å². The fourth-order valence-corrected chi connectivity index (χ4v) is 2.50. The van der Waals surface area contributed by atoms with Crippen LogP contribution in [0, 0.1) is 5.92 Å². The molecule has 2 heterocycles. The van der Waals surface area contributed by atoms with E-state index in [1.165, 1.54) is 6.26 Å². The van der Waals surface area contributed by atoms with Crippen molar-refractivity contribution in [3.63, 3.8) is 0 Å². The summed E-state index contributed by atoms with van der Waals surface area (Å²) in [5, 5.41) is 0. The number of alkyl halides is 3. The molecule has 128 valence electrons. The summed E-state index contributed by atoms with van der Waals surface area (Å²) in [6, 6.07) is -0.866. The SMILES string of the molecule is CCOC(=O)c1coc(CCC[C@@H]2N=C(N)C[C@H]2C(F)(F)F)n1. The predicted octanol–water partition coefficient (Wildman–Crippen LogP) is 2.48. The van der Waals surface area contributed by atoms with Gasteiger partial charge in [0.1, 0.15) is 6.26 Å². The van der Waals surface area contributed by atoms with Gasteiger partial charge in [0.05, 0.1) is 24.4 Å². The van der Waals surface area contributed by atoms with Crippen molar-refractivity contribution in [3.05, 3.63) is 17.8 Å². The number of carbonyl (C=O) groups is 1. The Balaban J connectivity index is 1.86. The lowest BCUT2D eigenvalue weighted by molar-refractivity contribution is -0.176. The summed E-state index contributed by atoms with van der Waals surface area (Å²) in [6.07, 6.45) is -2.44. The van der Waals surface area contributed by atoms with Gasteiger partial charge in [-0.05, 0) is 19.8 Å². The number of esters is 1. The van der Waals surface area contributed by atoms with Crippen LogP contribution >= 0.6 is 0 Å². The number of nitrogens with zero attached hydrogens (tertiary/aromatic N) is 2. The Morgan fingerprint density at radius 2 is 2.26 bits per heavy atom. The number of ether oxygens (including phenoxy) is 1. The second-order valence-electron chi connectivity index (χ2n) is 5.28. The molecule has 0 saturated carbocycles. The summed E-state index contributed by atoms with van der Waals surface area (Å²) in [4.78, 5) is 19.3. The van der Waals surface area contributed by atoms with E-state index in [0.29, 0.717) is 12.8 Å². The minimum Gasteiger partial charge on any atom is -0.461 e. The van der Waals surface area contributed by atoms with Gasteiger partial charge < -0.3 is 14.9 Å². The molecule has 6 nitrogen and oxygen atoms in total. The molecule has 1 aliphatic heterocycles. The quantitative estimate of drug-likeness (QED) is 0.808. The molecular formula is C14H18F3N3O3. The molecule has 2 rings (SSSR count). The van der Waals surface area contributed by atoms with Crippen molar-refractivity contribution in [2.24, 2.45) is 16.6 Å². The Morgan fingerprint density at radius 1 is 1.52 bits per heavy atom. The fraction of sp³-hybridized carbons (Fsp3) is 0.643. The zero-order valence-corrected chi connectivity index (χ0v) is 12.6. The number of aryl methyl sites for hydroxylation is 1. The van der Waals surface area contributed by atoms with Crippen LogP contribution in [0.25, 0.3) is 0 Å². The Labute approximate surface area is 130 Å². The van der Waals surface area contributed by atoms with E-state index >= 15 is 0 Å². The molecule has 2 atom stereocenters. The minimum atomic E-state index is -4.31. The van der Waals surface area contributed by atoms with Crippen molar-refractivity contribution in [1.29, 1.82) is 0 Å². The molecule has 0 saturated heterocycles. The zero-order chi connectivity index (χ0) is 17.0. The first-order valence-corrected chi connectivity index (χ1v) is 7.31. The van der Waals surface area contributed by atoms with Gasteiger partial charge in [-0.3, -0.25) is 4.99 Å². The number of oxazole rings is 1. The third-order valence-electron chi connectivity index (χ3n) is 3.57. The summed E-state index contributed by atoms with van der Waals surface area (Å²) >= 11 is 0. The highest BCUT2D eigenvalue weighted by molar-refractivity contribution is 5.86. The fourth-order valence-electron chi connectivity index (χ4n) is 2.50. The Bertz CT molecular complexity index is 583. The van der Waals surface area contributed by atoms with Gasteiger partial charge in [0, 0.05) is 12.8 Å². The van der Waals surface area contributed by atoms with Crippen LogP contribution in [0.3, 0.4) is 0 Å². The largest absolute Gasteiger partial charge is 0.461 e. The van der Waals surface area contributed by atoms with Gasteiger partial charge in [0.2, 0.25) is 0 Å². The Hall–Kier alpha value is -2.06. The van der Waals surface area contributed by atoms with E-state index in [9.17, 15) is 18.0 Å². The highest BCUT2D eigenvalue weighted by Gasteiger charge is 2.47.